The molecular formula is C11H17ClOS. The molecule has 0 saturated heterocycles. The number of aliphatic hydroxyl groups is 1. The molecule has 1 atom stereocenters. The highest BCUT2D eigenvalue weighted by Crippen LogP contribution is 2.23. The zero-order chi connectivity index (χ0) is 10.4. The number of aliphatic hydroxyl groups excluding tert-OH is 1. The van der Waals surface area contributed by atoms with Crippen molar-refractivity contribution in [1.82, 2.24) is 0 Å². The summed E-state index contributed by atoms with van der Waals surface area (Å²) in [5.41, 5.74) is 0. The predicted molar refractivity (Wildman–Crippen MR) is 63.2 cm³/mol. The number of hydrogen-bond donors (Lipinski definition) is 1. The van der Waals surface area contributed by atoms with Crippen LogP contribution in [0.15, 0.2) is 12.1 Å². The molecule has 1 nitrogen and oxygen atoms in total. The van der Waals surface area contributed by atoms with Crippen LogP contribution in [0.4, 0.5) is 0 Å². The van der Waals surface area contributed by atoms with Gasteiger partial charge in [-0.05, 0) is 37.8 Å². The smallest absolute Gasteiger partial charge is 0.0931 e. The summed E-state index contributed by atoms with van der Waals surface area (Å²) >= 11 is 7.46. The molecule has 1 rings (SSSR count). The minimum atomic E-state index is -0.115. The number of hydrogen-bond acceptors (Lipinski definition) is 2. The largest absolute Gasteiger partial charge is 0.393 e. The quantitative estimate of drug-likeness (QED) is 0.789. The Bertz CT molecular complexity index is 260. The summed E-state index contributed by atoms with van der Waals surface area (Å²) in [5, 5.41) is 9.51. The third-order valence-corrected chi connectivity index (χ3v) is 3.50. The second-order valence-corrected chi connectivity index (χ2v) is 5.34. The summed E-state index contributed by atoms with van der Waals surface area (Å²) in [6, 6.07) is 4.00. The lowest BCUT2D eigenvalue weighted by Gasteiger charge is -2.07. The lowest BCUT2D eigenvalue weighted by atomic mass is 10.1. The highest BCUT2D eigenvalue weighted by Gasteiger charge is 2.03. The van der Waals surface area contributed by atoms with Gasteiger partial charge in [0.25, 0.3) is 0 Å². The van der Waals surface area contributed by atoms with Gasteiger partial charge in [0.1, 0.15) is 0 Å². The summed E-state index contributed by atoms with van der Waals surface area (Å²) < 4.78 is 0.856. The van der Waals surface area contributed by atoms with E-state index in [-0.39, 0.29) is 6.10 Å². The molecule has 0 radical (unpaired) electrons. The van der Waals surface area contributed by atoms with Gasteiger partial charge in [0, 0.05) is 4.88 Å². The average Bonchev–Trinajstić information content (AvgIpc) is 2.52. The van der Waals surface area contributed by atoms with Gasteiger partial charge in [-0.25, -0.2) is 0 Å². The van der Waals surface area contributed by atoms with Gasteiger partial charge in [-0.3, -0.25) is 0 Å². The van der Waals surface area contributed by atoms with Crippen molar-refractivity contribution in [2.75, 3.05) is 0 Å². The van der Waals surface area contributed by atoms with Gasteiger partial charge in [0.05, 0.1) is 10.4 Å². The van der Waals surface area contributed by atoms with Crippen LogP contribution < -0.4 is 0 Å². The molecular weight excluding hydrogens is 216 g/mol. The first-order chi connectivity index (χ1) is 6.72. The molecule has 0 aliphatic carbocycles. The Balaban J connectivity index is 2.15. The summed E-state index contributed by atoms with van der Waals surface area (Å²) in [6.07, 6.45) is 4.87. The average molecular weight is 233 g/mol. The van der Waals surface area contributed by atoms with Crippen molar-refractivity contribution in [3.8, 4) is 0 Å². The molecule has 0 aromatic carbocycles. The van der Waals surface area contributed by atoms with Gasteiger partial charge in [-0.1, -0.05) is 24.9 Å². The van der Waals surface area contributed by atoms with Crippen molar-refractivity contribution in [3.63, 3.8) is 0 Å². The summed E-state index contributed by atoms with van der Waals surface area (Å²) in [4.78, 5) is 1.32. The van der Waals surface area contributed by atoms with Crippen LogP contribution >= 0.6 is 22.9 Å². The maximum absolute atomic E-state index is 9.51. The van der Waals surface area contributed by atoms with Gasteiger partial charge >= 0.3 is 0 Å². The highest BCUT2D eigenvalue weighted by atomic mass is 35.5. The van der Waals surface area contributed by atoms with Gasteiger partial charge in [0.15, 0.2) is 0 Å². The molecule has 1 aromatic heterocycles. The Morgan fingerprint density at radius 3 is 2.79 bits per heavy atom. The molecule has 0 bridgehead atoms. The molecule has 80 valence electrons. The van der Waals surface area contributed by atoms with Crippen molar-refractivity contribution >= 4 is 22.9 Å². The Morgan fingerprint density at radius 2 is 2.21 bits per heavy atom. The molecule has 0 amide bonds. The lowest BCUT2D eigenvalue weighted by Crippen LogP contribution is -2.05. The van der Waals surface area contributed by atoms with Crippen LogP contribution in [-0.4, -0.2) is 11.2 Å². The monoisotopic (exact) mass is 232 g/mol. The molecule has 0 saturated carbocycles. The van der Waals surface area contributed by atoms with E-state index in [0.29, 0.717) is 0 Å². The topological polar surface area (TPSA) is 20.2 Å². The van der Waals surface area contributed by atoms with Gasteiger partial charge in [-0.2, -0.15) is 0 Å². The minimum absolute atomic E-state index is 0.115. The molecule has 0 aliphatic heterocycles. The summed E-state index contributed by atoms with van der Waals surface area (Å²) in [5.74, 6) is 0. The van der Waals surface area contributed by atoms with Crippen LogP contribution in [0.25, 0.3) is 0 Å². The number of rotatable bonds is 6. The number of thiophene rings is 1. The first-order valence-electron chi connectivity index (χ1n) is 5.14. The molecule has 1 unspecified atom stereocenters. The zero-order valence-electron chi connectivity index (χ0n) is 8.50. The van der Waals surface area contributed by atoms with Crippen LogP contribution in [-0.2, 0) is 6.42 Å². The standard InChI is InChI=1S/C11H17ClOS/c1-2-4-9(13)5-3-6-10-7-8-11(12)14-10/h7-9,13H,2-6H2,1H3. The van der Waals surface area contributed by atoms with Gasteiger partial charge < -0.3 is 5.11 Å². The maximum atomic E-state index is 9.51. The van der Waals surface area contributed by atoms with E-state index in [1.807, 2.05) is 6.07 Å². The fourth-order valence-electron chi connectivity index (χ4n) is 1.48. The normalized spacial score (nSPS) is 13.1. The van der Waals surface area contributed by atoms with E-state index in [0.717, 1.165) is 36.4 Å². The molecule has 0 spiro atoms. The fraction of sp³-hybridized carbons (Fsp3) is 0.636. The highest BCUT2D eigenvalue weighted by molar-refractivity contribution is 7.16. The number of aryl methyl sites for hydroxylation is 1. The Morgan fingerprint density at radius 1 is 1.43 bits per heavy atom. The molecule has 1 N–H and O–H groups in total. The molecule has 14 heavy (non-hydrogen) atoms. The summed E-state index contributed by atoms with van der Waals surface area (Å²) in [6.45, 7) is 2.10. The first-order valence-corrected chi connectivity index (χ1v) is 6.34. The maximum Gasteiger partial charge on any atom is 0.0931 e. The van der Waals surface area contributed by atoms with Gasteiger partial charge in [-0.15, -0.1) is 11.3 Å². The van der Waals surface area contributed by atoms with E-state index in [9.17, 15) is 5.11 Å². The third kappa shape index (κ3) is 4.45. The Hall–Kier alpha value is -0.0500. The van der Waals surface area contributed by atoms with Crippen molar-refractivity contribution in [2.24, 2.45) is 0 Å². The van der Waals surface area contributed by atoms with E-state index in [1.165, 1.54) is 4.88 Å². The minimum Gasteiger partial charge on any atom is -0.393 e. The Labute approximate surface area is 94.7 Å². The van der Waals surface area contributed by atoms with E-state index in [1.54, 1.807) is 11.3 Å². The van der Waals surface area contributed by atoms with E-state index >= 15 is 0 Å². The predicted octanol–water partition coefficient (Wildman–Crippen LogP) is 3.89. The van der Waals surface area contributed by atoms with E-state index in [2.05, 4.69) is 13.0 Å². The Kier molecular flexibility index (Phi) is 5.53. The van der Waals surface area contributed by atoms with Crippen LogP contribution in [0.2, 0.25) is 4.34 Å². The van der Waals surface area contributed by atoms with E-state index < -0.39 is 0 Å². The van der Waals surface area contributed by atoms with Crippen molar-refractivity contribution in [2.45, 2.75) is 45.1 Å². The van der Waals surface area contributed by atoms with Crippen LogP contribution in [0, 0.1) is 0 Å². The fourth-order valence-corrected chi connectivity index (χ4v) is 2.60. The molecule has 3 heteroatoms. The second kappa shape index (κ2) is 6.44. The van der Waals surface area contributed by atoms with Crippen molar-refractivity contribution in [3.05, 3.63) is 21.3 Å². The molecule has 0 aliphatic rings. The lowest BCUT2D eigenvalue weighted by molar-refractivity contribution is 0.151. The van der Waals surface area contributed by atoms with Crippen LogP contribution in [0.1, 0.15) is 37.5 Å². The third-order valence-electron chi connectivity index (χ3n) is 2.21. The van der Waals surface area contributed by atoms with Gasteiger partial charge in [0.2, 0.25) is 0 Å². The SMILES string of the molecule is CCCC(O)CCCc1ccc(Cl)s1. The summed E-state index contributed by atoms with van der Waals surface area (Å²) in [7, 11) is 0. The molecule has 0 fully saturated rings. The molecule has 1 aromatic rings. The second-order valence-electron chi connectivity index (χ2n) is 3.54. The first kappa shape index (κ1) is 12.0. The molecule has 1 heterocycles. The van der Waals surface area contributed by atoms with E-state index in [4.69, 9.17) is 11.6 Å². The van der Waals surface area contributed by atoms with Crippen molar-refractivity contribution < 1.29 is 5.11 Å². The number of halogens is 1. The van der Waals surface area contributed by atoms with Crippen LogP contribution in [0.5, 0.6) is 0 Å². The van der Waals surface area contributed by atoms with Crippen LogP contribution in [0.3, 0.4) is 0 Å². The zero-order valence-corrected chi connectivity index (χ0v) is 10.1. The van der Waals surface area contributed by atoms with Crippen molar-refractivity contribution in [1.29, 1.82) is 0 Å².